The number of amides is 1. The zero-order chi connectivity index (χ0) is 26.6. The number of aromatic nitrogens is 3. The number of carbonyl (C=O) groups is 2. The van der Waals surface area contributed by atoms with Crippen LogP contribution < -0.4 is 14.8 Å². The Kier molecular flexibility index (Phi) is 7.05. The number of thiazole rings is 1. The van der Waals surface area contributed by atoms with Gasteiger partial charge in [-0.2, -0.15) is 0 Å². The van der Waals surface area contributed by atoms with E-state index in [-0.39, 0.29) is 0 Å². The number of imidazole rings is 1. The van der Waals surface area contributed by atoms with Crippen molar-refractivity contribution in [1.29, 1.82) is 0 Å². The van der Waals surface area contributed by atoms with Crippen LogP contribution in [0.25, 0.3) is 33.7 Å². The Balaban J connectivity index is 1.23. The number of aromatic amines is 1. The van der Waals surface area contributed by atoms with Crippen molar-refractivity contribution in [2.24, 2.45) is 0 Å². The van der Waals surface area contributed by atoms with Crippen molar-refractivity contribution in [3.8, 4) is 34.1 Å². The predicted octanol–water partition coefficient (Wildman–Crippen LogP) is 5.55. The van der Waals surface area contributed by atoms with E-state index >= 15 is 0 Å². The molecule has 9 nitrogen and oxygen atoms in total. The first kappa shape index (κ1) is 25.0. The van der Waals surface area contributed by atoms with E-state index in [2.05, 4.69) is 20.3 Å². The second-order valence-corrected chi connectivity index (χ2v) is 9.19. The number of H-pyrrole nitrogens is 1. The van der Waals surface area contributed by atoms with Crippen LogP contribution in [0.3, 0.4) is 0 Å². The summed E-state index contributed by atoms with van der Waals surface area (Å²) in [6.45, 7) is 1.51. The third kappa shape index (κ3) is 5.21. The number of rotatable bonds is 8. The van der Waals surface area contributed by atoms with Gasteiger partial charge in [-0.15, -0.1) is 11.3 Å². The van der Waals surface area contributed by atoms with Gasteiger partial charge >= 0.3 is 5.97 Å². The molecule has 192 valence electrons. The molecule has 1 amide bonds. The maximum absolute atomic E-state index is 12.8. The van der Waals surface area contributed by atoms with Gasteiger partial charge in [-0.1, -0.05) is 30.3 Å². The lowest BCUT2D eigenvalue weighted by Gasteiger charge is -2.12. The lowest BCUT2D eigenvalue weighted by atomic mass is 10.1. The number of hydrogen-bond acceptors (Lipinski definition) is 8. The maximum atomic E-state index is 12.8. The number of methoxy groups -OCH3 is 2. The van der Waals surface area contributed by atoms with Gasteiger partial charge in [0.25, 0.3) is 5.91 Å². The molecule has 0 aliphatic rings. The highest BCUT2D eigenvalue weighted by molar-refractivity contribution is 7.14. The summed E-state index contributed by atoms with van der Waals surface area (Å²) in [5, 5.41) is 4.91. The molecule has 38 heavy (non-hydrogen) atoms. The van der Waals surface area contributed by atoms with Crippen LogP contribution >= 0.6 is 11.3 Å². The summed E-state index contributed by atoms with van der Waals surface area (Å²) in [4.78, 5) is 37.7. The van der Waals surface area contributed by atoms with Crippen molar-refractivity contribution in [3.05, 3.63) is 77.7 Å². The molecule has 3 aromatic carbocycles. The minimum Gasteiger partial charge on any atom is -0.493 e. The molecule has 0 fully saturated rings. The maximum Gasteiger partial charge on any atom is 0.338 e. The van der Waals surface area contributed by atoms with Gasteiger partial charge in [0.15, 0.2) is 22.7 Å². The van der Waals surface area contributed by atoms with Crippen LogP contribution in [0.1, 0.15) is 17.3 Å². The SMILES string of the molecule is COc1ccc(-c2csc(NC(=O)C(C)OC(=O)c3ccc4nc(-c5ccccc5)[nH]c4c3)n2)cc1OC. The number of ether oxygens (including phenoxy) is 3. The molecule has 0 spiro atoms. The van der Waals surface area contributed by atoms with Gasteiger partial charge in [-0.05, 0) is 43.3 Å². The highest BCUT2D eigenvalue weighted by atomic mass is 32.1. The molecule has 5 rings (SSSR count). The van der Waals surface area contributed by atoms with Crippen LogP contribution in [0.5, 0.6) is 11.5 Å². The summed E-state index contributed by atoms with van der Waals surface area (Å²) in [5.41, 5.74) is 4.14. The van der Waals surface area contributed by atoms with Crippen LogP contribution in [-0.4, -0.2) is 47.2 Å². The molecule has 0 saturated heterocycles. The molecule has 2 aromatic heterocycles. The zero-order valence-electron chi connectivity index (χ0n) is 20.8. The number of benzene rings is 3. The second-order valence-electron chi connectivity index (χ2n) is 8.33. The number of anilines is 1. The van der Waals surface area contributed by atoms with Gasteiger partial charge in [0.1, 0.15) is 5.82 Å². The van der Waals surface area contributed by atoms with Gasteiger partial charge in [0.2, 0.25) is 0 Å². The molecule has 0 bridgehead atoms. The Morgan fingerprint density at radius 1 is 0.921 bits per heavy atom. The molecule has 2 heterocycles. The van der Waals surface area contributed by atoms with Gasteiger partial charge in [0, 0.05) is 16.5 Å². The fraction of sp³-hybridized carbons (Fsp3) is 0.143. The highest BCUT2D eigenvalue weighted by Crippen LogP contribution is 2.33. The van der Waals surface area contributed by atoms with E-state index in [1.54, 1.807) is 38.5 Å². The lowest BCUT2D eigenvalue weighted by molar-refractivity contribution is -0.123. The van der Waals surface area contributed by atoms with Gasteiger partial charge < -0.3 is 19.2 Å². The monoisotopic (exact) mass is 528 g/mol. The van der Waals surface area contributed by atoms with Crippen molar-refractivity contribution in [1.82, 2.24) is 15.0 Å². The van der Waals surface area contributed by atoms with Crippen molar-refractivity contribution in [2.45, 2.75) is 13.0 Å². The molecule has 5 aromatic rings. The average molecular weight is 529 g/mol. The number of hydrogen-bond donors (Lipinski definition) is 2. The molecule has 0 aliphatic carbocycles. The van der Waals surface area contributed by atoms with Crippen LogP contribution in [0.4, 0.5) is 5.13 Å². The van der Waals surface area contributed by atoms with Gasteiger partial charge in [0.05, 0.1) is 36.5 Å². The van der Waals surface area contributed by atoms with E-state index in [1.807, 2.05) is 47.8 Å². The van der Waals surface area contributed by atoms with Crippen molar-refractivity contribution >= 4 is 39.4 Å². The first-order valence-corrected chi connectivity index (χ1v) is 12.6. The number of fused-ring (bicyclic) bond motifs is 1. The van der Waals surface area contributed by atoms with E-state index in [4.69, 9.17) is 14.2 Å². The van der Waals surface area contributed by atoms with Crippen molar-refractivity contribution in [3.63, 3.8) is 0 Å². The Bertz CT molecular complexity index is 1610. The van der Waals surface area contributed by atoms with E-state index in [0.29, 0.717) is 39.2 Å². The van der Waals surface area contributed by atoms with Crippen LogP contribution in [0, 0.1) is 0 Å². The summed E-state index contributed by atoms with van der Waals surface area (Å²) >= 11 is 1.26. The summed E-state index contributed by atoms with van der Waals surface area (Å²) in [6.07, 6.45) is -1.03. The topological polar surface area (TPSA) is 115 Å². The molecular weight excluding hydrogens is 504 g/mol. The lowest BCUT2D eigenvalue weighted by Crippen LogP contribution is -2.29. The third-order valence-electron chi connectivity index (χ3n) is 5.83. The minimum atomic E-state index is -1.03. The van der Waals surface area contributed by atoms with E-state index in [9.17, 15) is 9.59 Å². The highest BCUT2D eigenvalue weighted by Gasteiger charge is 2.21. The molecule has 1 unspecified atom stereocenters. The van der Waals surface area contributed by atoms with Crippen molar-refractivity contribution in [2.75, 3.05) is 19.5 Å². The molecule has 0 saturated carbocycles. The fourth-order valence-corrected chi connectivity index (χ4v) is 4.54. The Labute approximate surface area is 222 Å². The zero-order valence-corrected chi connectivity index (χ0v) is 21.7. The quantitative estimate of drug-likeness (QED) is 0.254. The standard InChI is InChI=1S/C28H24N4O5S/c1-16(26(33)32-28-31-22(15-38-28)18-10-12-23(35-2)24(14-18)36-3)37-27(34)19-9-11-20-21(13-19)30-25(29-20)17-7-5-4-6-8-17/h4-16H,1-3H3,(H,29,30)(H,31,32,33). The fourth-order valence-electron chi connectivity index (χ4n) is 3.82. The number of carbonyl (C=O) groups excluding carboxylic acids is 2. The Morgan fingerprint density at radius 2 is 1.71 bits per heavy atom. The van der Waals surface area contributed by atoms with E-state index in [1.165, 1.54) is 18.3 Å². The van der Waals surface area contributed by atoms with Gasteiger partial charge in [-0.25, -0.2) is 14.8 Å². The van der Waals surface area contributed by atoms with Crippen molar-refractivity contribution < 1.29 is 23.8 Å². The number of nitrogens with zero attached hydrogens (tertiary/aromatic N) is 2. The summed E-state index contributed by atoms with van der Waals surface area (Å²) in [5.74, 6) is 0.790. The summed E-state index contributed by atoms with van der Waals surface area (Å²) in [6, 6.07) is 20.2. The predicted molar refractivity (Wildman–Crippen MR) is 146 cm³/mol. The van der Waals surface area contributed by atoms with Gasteiger partial charge in [-0.3, -0.25) is 10.1 Å². The van der Waals surface area contributed by atoms with E-state index in [0.717, 1.165) is 16.6 Å². The number of nitrogens with one attached hydrogen (secondary N) is 2. The second kappa shape index (κ2) is 10.7. The van der Waals surface area contributed by atoms with Crippen LogP contribution in [-0.2, 0) is 9.53 Å². The first-order valence-electron chi connectivity index (χ1n) is 11.7. The normalized spacial score (nSPS) is 11.7. The average Bonchev–Trinajstić information content (AvgIpc) is 3.60. The Morgan fingerprint density at radius 3 is 2.47 bits per heavy atom. The molecule has 1 atom stereocenters. The molecule has 0 aliphatic heterocycles. The smallest absolute Gasteiger partial charge is 0.338 e. The first-order chi connectivity index (χ1) is 18.4. The molecular formula is C28H24N4O5S. The third-order valence-corrected chi connectivity index (χ3v) is 6.59. The molecule has 2 N–H and O–H groups in total. The summed E-state index contributed by atoms with van der Waals surface area (Å²) < 4.78 is 16.0. The van der Waals surface area contributed by atoms with E-state index < -0.39 is 18.0 Å². The van der Waals surface area contributed by atoms with Crippen LogP contribution in [0.15, 0.2) is 72.1 Å². The van der Waals surface area contributed by atoms with Crippen LogP contribution in [0.2, 0.25) is 0 Å². The molecule has 10 heteroatoms. The Hall–Kier alpha value is -4.70. The molecule has 0 radical (unpaired) electrons. The largest absolute Gasteiger partial charge is 0.493 e. The minimum absolute atomic E-state index is 0.311. The summed E-state index contributed by atoms with van der Waals surface area (Å²) in [7, 11) is 3.13. The number of esters is 1.